The summed E-state index contributed by atoms with van der Waals surface area (Å²) in [6.45, 7) is 6.74. The number of halogens is 1. The molecule has 5 rings (SSSR count). The van der Waals surface area contributed by atoms with E-state index in [4.69, 9.17) is 4.98 Å². The second-order valence-corrected chi connectivity index (χ2v) is 12.0. The van der Waals surface area contributed by atoms with Gasteiger partial charge in [0.2, 0.25) is 0 Å². The molecule has 1 saturated carbocycles. The first kappa shape index (κ1) is 24.4. The predicted molar refractivity (Wildman–Crippen MR) is 150 cm³/mol. The number of piperidine rings is 1. The van der Waals surface area contributed by atoms with Crippen LogP contribution in [0.2, 0.25) is 0 Å². The number of benzene rings is 2. The van der Waals surface area contributed by atoms with Crippen LogP contribution in [0.5, 0.6) is 0 Å². The van der Waals surface area contributed by atoms with Gasteiger partial charge in [0.15, 0.2) is 0 Å². The maximum atomic E-state index is 13.9. The monoisotopic (exact) mass is 599 g/mol. The molecule has 1 saturated heterocycles. The van der Waals surface area contributed by atoms with Gasteiger partial charge in [-0.3, -0.25) is 9.59 Å². The highest BCUT2D eigenvalue weighted by atomic mass is 127. The number of alkyl halides is 1. The van der Waals surface area contributed by atoms with E-state index in [-0.39, 0.29) is 21.9 Å². The number of hydrogen-bond acceptors (Lipinski definition) is 4. The standard InChI is InChI=1S/C28H30IN3O2S/c1-16-7-4-9-20(15-16)24-23(31-27(35-24)19-12-13-19)28(34)32-14-6-11-22(25(32)29)30-26(33)21-10-5-8-17(2)18(21)3/h4-5,7-10,15,19,22,25H,6,11-14H2,1-3H3,(H,30,33). The number of nitrogens with one attached hydrogen (secondary N) is 1. The van der Waals surface area contributed by atoms with E-state index < -0.39 is 0 Å². The summed E-state index contributed by atoms with van der Waals surface area (Å²) in [6.07, 6.45) is 4.00. The van der Waals surface area contributed by atoms with Crippen molar-refractivity contribution >= 4 is 45.7 Å². The van der Waals surface area contributed by atoms with Gasteiger partial charge in [0.25, 0.3) is 11.8 Å². The molecule has 3 aromatic rings. The molecule has 2 heterocycles. The Morgan fingerprint density at radius 1 is 1.09 bits per heavy atom. The van der Waals surface area contributed by atoms with Crippen LogP contribution in [0.3, 0.4) is 0 Å². The van der Waals surface area contributed by atoms with Crippen molar-refractivity contribution in [2.75, 3.05) is 6.54 Å². The number of amides is 2. The van der Waals surface area contributed by atoms with E-state index in [0.29, 0.717) is 23.7 Å². The van der Waals surface area contributed by atoms with Crippen LogP contribution in [0.1, 0.15) is 74.1 Å². The molecule has 0 radical (unpaired) electrons. The zero-order valence-corrected chi connectivity index (χ0v) is 23.3. The van der Waals surface area contributed by atoms with Gasteiger partial charge in [-0.25, -0.2) is 4.98 Å². The lowest BCUT2D eigenvalue weighted by atomic mass is 10.0. The Kier molecular flexibility index (Phi) is 6.99. The lowest BCUT2D eigenvalue weighted by Gasteiger charge is -2.38. The van der Waals surface area contributed by atoms with E-state index in [0.717, 1.165) is 52.3 Å². The molecule has 35 heavy (non-hydrogen) atoms. The van der Waals surface area contributed by atoms with E-state index in [1.165, 1.54) is 5.56 Å². The second-order valence-electron chi connectivity index (χ2n) is 9.71. The Labute approximate surface area is 224 Å². The van der Waals surface area contributed by atoms with Gasteiger partial charge in [0.1, 0.15) is 9.74 Å². The molecule has 0 spiro atoms. The molecule has 1 aromatic heterocycles. The van der Waals surface area contributed by atoms with E-state index in [1.807, 2.05) is 43.0 Å². The minimum absolute atomic E-state index is 0.0326. The molecule has 182 valence electrons. The smallest absolute Gasteiger partial charge is 0.274 e. The second kappa shape index (κ2) is 10.0. The van der Waals surface area contributed by atoms with Gasteiger partial charge in [-0.15, -0.1) is 11.3 Å². The molecule has 5 nitrogen and oxygen atoms in total. The summed E-state index contributed by atoms with van der Waals surface area (Å²) in [5.74, 6) is 0.388. The third kappa shape index (κ3) is 5.03. The van der Waals surface area contributed by atoms with Crippen molar-refractivity contribution in [1.29, 1.82) is 0 Å². The van der Waals surface area contributed by atoms with E-state index in [9.17, 15) is 9.59 Å². The summed E-state index contributed by atoms with van der Waals surface area (Å²) in [5, 5.41) is 4.29. The first-order valence-electron chi connectivity index (χ1n) is 12.2. The molecule has 2 fully saturated rings. The Morgan fingerprint density at radius 2 is 1.86 bits per heavy atom. The van der Waals surface area contributed by atoms with Gasteiger partial charge >= 0.3 is 0 Å². The topological polar surface area (TPSA) is 62.3 Å². The normalized spacial score (nSPS) is 20.1. The number of carbonyl (C=O) groups excluding carboxylic acids is 2. The molecule has 2 atom stereocenters. The van der Waals surface area contributed by atoms with Crippen molar-refractivity contribution in [3.8, 4) is 10.4 Å². The first-order valence-corrected chi connectivity index (χ1v) is 14.3. The minimum atomic E-state index is -0.139. The van der Waals surface area contributed by atoms with Crippen LogP contribution in [0.4, 0.5) is 0 Å². The van der Waals surface area contributed by atoms with Crippen molar-refractivity contribution < 1.29 is 9.59 Å². The molecular formula is C28H30IN3O2S. The maximum Gasteiger partial charge on any atom is 0.274 e. The van der Waals surface area contributed by atoms with Gasteiger partial charge in [-0.1, -0.05) is 64.6 Å². The van der Waals surface area contributed by atoms with Gasteiger partial charge in [0, 0.05) is 18.0 Å². The number of aryl methyl sites for hydroxylation is 2. The van der Waals surface area contributed by atoms with Crippen molar-refractivity contribution in [3.63, 3.8) is 0 Å². The fourth-order valence-corrected chi connectivity index (χ4v) is 6.96. The third-order valence-electron chi connectivity index (χ3n) is 7.02. The summed E-state index contributed by atoms with van der Waals surface area (Å²) in [7, 11) is 0. The van der Waals surface area contributed by atoms with Gasteiger partial charge < -0.3 is 10.2 Å². The van der Waals surface area contributed by atoms with E-state index >= 15 is 0 Å². The van der Waals surface area contributed by atoms with Crippen LogP contribution in [-0.2, 0) is 0 Å². The summed E-state index contributed by atoms with van der Waals surface area (Å²) in [4.78, 5) is 34.8. The van der Waals surface area contributed by atoms with Gasteiger partial charge in [-0.05, 0) is 69.2 Å². The summed E-state index contributed by atoms with van der Waals surface area (Å²) < 4.78 is -0.139. The van der Waals surface area contributed by atoms with Crippen molar-refractivity contribution in [2.24, 2.45) is 0 Å². The van der Waals surface area contributed by atoms with Crippen molar-refractivity contribution in [1.82, 2.24) is 15.2 Å². The van der Waals surface area contributed by atoms with Gasteiger partial charge in [0.05, 0.1) is 15.9 Å². The Balaban J connectivity index is 1.40. The van der Waals surface area contributed by atoms with E-state index in [2.05, 4.69) is 53.0 Å². The minimum Gasteiger partial charge on any atom is -0.346 e. The molecule has 2 aliphatic rings. The van der Waals surface area contributed by atoms with Crippen LogP contribution in [0.15, 0.2) is 42.5 Å². The average molecular weight is 600 g/mol. The van der Waals surface area contributed by atoms with Crippen LogP contribution >= 0.6 is 33.9 Å². The van der Waals surface area contributed by atoms with E-state index in [1.54, 1.807) is 11.3 Å². The quantitative estimate of drug-likeness (QED) is 0.210. The Hall–Kier alpha value is -2.26. The largest absolute Gasteiger partial charge is 0.346 e. The highest BCUT2D eigenvalue weighted by Crippen LogP contribution is 2.45. The molecule has 1 aliphatic heterocycles. The zero-order chi connectivity index (χ0) is 24.7. The van der Waals surface area contributed by atoms with Gasteiger partial charge in [-0.2, -0.15) is 0 Å². The van der Waals surface area contributed by atoms with Crippen LogP contribution < -0.4 is 5.32 Å². The lowest BCUT2D eigenvalue weighted by molar-refractivity contribution is 0.0653. The van der Waals surface area contributed by atoms with Crippen molar-refractivity contribution in [3.05, 3.63) is 75.4 Å². The molecule has 2 amide bonds. The molecule has 2 aromatic carbocycles. The number of likely N-dealkylation sites (tertiary alicyclic amines) is 1. The molecule has 0 bridgehead atoms. The molecular weight excluding hydrogens is 569 g/mol. The fraction of sp³-hybridized carbons (Fsp3) is 0.393. The molecule has 2 unspecified atom stereocenters. The molecule has 1 aliphatic carbocycles. The zero-order valence-electron chi connectivity index (χ0n) is 20.3. The van der Waals surface area contributed by atoms with Crippen LogP contribution in [0.25, 0.3) is 10.4 Å². The number of rotatable bonds is 5. The third-order valence-corrected chi connectivity index (χ3v) is 9.83. The first-order chi connectivity index (χ1) is 16.8. The lowest BCUT2D eigenvalue weighted by Crippen LogP contribution is -2.54. The van der Waals surface area contributed by atoms with Crippen molar-refractivity contribution in [2.45, 2.75) is 62.5 Å². The average Bonchev–Trinajstić information content (AvgIpc) is 3.60. The number of aromatic nitrogens is 1. The summed E-state index contributed by atoms with van der Waals surface area (Å²) in [6, 6.07) is 14.0. The van der Waals surface area contributed by atoms with Crippen LogP contribution in [0, 0.1) is 20.8 Å². The summed E-state index contributed by atoms with van der Waals surface area (Å²) >= 11 is 3.99. The predicted octanol–water partition coefficient (Wildman–Crippen LogP) is 6.41. The highest BCUT2D eigenvalue weighted by molar-refractivity contribution is 14.1. The number of thiazole rings is 1. The Morgan fingerprint density at radius 3 is 2.60 bits per heavy atom. The maximum absolute atomic E-state index is 13.9. The summed E-state index contributed by atoms with van der Waals surface area (Å²) in [5.41, 5.74) is 5.58. The highest BCUT2D eigenvalue weighted by Gasteiger charge is 2.37. The molecule has 1 N–H and O–H groups in total. The number of hydrogen-bond donors (Lipinski definition) is 1. The fourth-order valence-electron chi connectivity index (χ4n) is 4.66. The number of nitrogens with zero attached hydrogens (tertiary/aromatic N) is 2. The number of carbonyl (C=O) groups is 2. The molecule has 7 heteroatoms. The Bertz CT molecular complexity index is 1280. The van der Waals surface area contributed by atoms with Crippen LogP contribution in [-0.4, -0.2) is 38.3 Å². The SMILES string of the molecule is Cc1cccc(-c2sc(C3CC3)nc2C(=O)N2CCCC(NC(=O)c3cccc(C)c3C)C2I)c1.